The van der Waals surface area contributed by atoms with Gasteiger partial charge in [0.2, 0.25) is 9.76 Å². The molecular formula is C14H22O3Si. The lowest BCUT2D eigenvalue weighted by Gasteiger charge is -2.28. The molecule has 3 nitrogen and oxygen atoms in total. The van der Waals surface area contributed by atoms with Crippen molar-refractivity contribution in [2.75, 3.05) is 14.2 Å². The monoisotopic (exact) mass is 266 g/mol. The molecular weight excluding hydrogens is 244 g/mol. The van der Waals surface area contributed by atoms with Crippen molar-refractivity contribution in [3.63, 3.8) is 0 Å². The van der Waals surface area contributed by atoms with Gasteiger partial charge in [-0.15, -0.1) is 0 Å². The summed E-state index contributed by atoms with van der Waals surface area (Å²) in [6.07, 6.45) is 2.64. The van der Waals surface area contributed by atoms with Gasteiger partial charge in [-0.25, -0.2) is 0 Å². The Morgan fingerprint density at radius 2 is 2.06 bits per heavy atom. The number of benzene rings is 1. The summed E-state index contributed by atoms with van der Waals surface area (Å²) in [6.45, 7) is 6.40. The fourth-order valence-electron chi connectivity index (χ4n) is 1.73. The molecule has 0 aromatic heterocycles. The topological polar surface area (TPSA) is 27.7 Å². The molecule has 1 rings (SSSR count). The third kappa shape index (κ3) is 4.06. The molecule has 4 heteroatoms. The van der Waals surface area contributed by atoms with E-state index in [2.05, 4.69) is 18.7 Å². The summed E-state index contributed by atoms with van der Waals surface area (Å²) in [5, 5.41) is 0. The molecule has 0 N–H and O–H groups in total. The van der Waals surface area contributed by atoms with Crippen molar-refractivity contribution >= 4 is 15.8 Å². The predicted octanol–water partition coefficient (Wildman–Crippen LogP) is 2.29. The van der Waals surface area contributed by atoms with Crippen LogP contribution in [0.15, 0.2) is 30.8 Å². The quantitative estimate of drug-likeness (QED) is 0.534. The Hall–Kier alpha value is -0.943. The van der Waals surface area contributed by atoms with Crippen LogP contribution >= 0.6 is 0 Å². The molecule has 0 bridgehead atoms. The van der Waals surface area contributed by atoms with Crippen LogP contribution in [0.25, 0.3) is 6.08 Å². The van der Waals surface area contributed by atoms with Gasteiger partial charge in [-0.1, -0.05) is 37.8 Å². The fraction of sp³-hybridized carbons (Fsp3) is 0.429. The van der Waals surface area contributed by atoms with Gasteiger partial charge in [0.1, 0.15) is 0 Å². The van der Waals surface area contributed by atoms with Crippen LogP contribution in [0.4, 0.5) is 0 Å². The first kappa shape index (κ1) is 15.1. The van der Waals surface area contributed by atoms with Crippen LogP contribution in [0.5, 0.6) is 0 Å². The van der Waals surface area contributed by atoms with E-state index in [1.54, 1.807) is 14.2 Å². The standard InChI is InChI=1S/C14H22O3Si/c1-5-12-8-7-9-13(10-12)11-17-18-14(6-2,15-3)16-4/h5,7-10H,1,6,11,18H2,2-4H3. The SMILES string of the molecule is C=Cc1cccc(CO[SiH2]C(CC)(OC)OC)c1. The zero-order valence-electron chi connectivity index (χ0n) is 11.4. The molecule has 18 heavy (non-hydrogen) atoms. The maximum atomic E-state index is 5.81. The molecule has 1 aromatic rings. The van der Waals surface area contributed by atoms with Crippen LogP contribution in [0, 0.1) is 0 Å². The average molecular weight is 266 g/mol. The number of rotatable bonds is 8. The first-order valence-corrected chi connectivity index (χ1v) is 7.37. The van der Waals surface area contributed by atoms with E-state index in [-0.39, 0.29) is 0 Å². The molecule has 100 valence electrons. The van der Waals surface area contributed by atoms with Crippen molar-refractivity contribution in [1.82, 2.24) is 0 Å². The molecule has 0 radical (unpaired) electrons. The third-order valence-electron chi connectivity index (χ3n) is 3.06. The van der Waals surface area contributed by atoms with Crippen LogP contribution in [-0.2, 0) is 20.5 Å². The number of hydrogen-bond acceptors (Lipinski definition) is 3. The normalized spacial score (nSPS) is 12.2. The molecule has 0 aliphatic heterocycles. The molecule has 0 fully saturated rings. The van der Waals surface area contributed by atoms with Crippen molar-refractivity contribution in [1.29, 1.82) is 0 Å². The highest BCUT2D eigenvalue weighted by molar-refractivity contribution is 6.30. The largest absolute Gasteiger partial charge is 0.414 e. The van der Waals surface area contributed by atoms with Gasteiger partial charge in [0.25, 0.3) is 0 Å². The van der Waals surface area contributed by atoms with E-state index in [4.69, 9.17) is 13.9 Å². The van der Waals surface area contributed by atoms with Crippen molar-refractivity contribution in [2.24, 2.45) is 0 Å². The fourth-order valence-corrected chi connectivity index (χ4v) is 2.81. The minimum absolute atomic E-state index is 0.504. The zero-order valence-corrected chi connectivity index (χ0v) is 12.9. The Morgan fingerprint density at radius 3 is 2.61 bits per heavy atom. The number of methoxy groups -OCH3 is 2. The van der Waals surface area contributed by atoms with Gasteiger partial charge in [-0.2, -0.15) is 0 Å². The highest BCUT2D eigenvalue weighted by atomic mass is 28.2. The minimum Gasteiger partial charge on any atom is -0.414 e. The number of ether oxygens (including phenoxy) is 2. The summed E-state index contributed by atoms with van der Waals surface area (Å²) in [7, 11) is 2.42. The lowest BCUT2D eigenvalue weighted by molar-refractivity contribution is -0.153. The first-order chi connectivity index (χ1) is 8.69. The Bertz CT molecular complexity index is 367. The predicted molar refractivity (Wildman–Crippen MR) is 76.9 cm³/mol. The van der Waals surface area contributed by atoms with Gasteiger partial charge in [0, 0.05) is 14.2 Å². The highest BCUT2D eigenvalue weighted by Gasteiger charge is 2.28. The summed E-state index contributed by atoms with van der Waals surface area (Å²) in [4.78, 5) is 0. The van der Waals surface area contributed by atoms with E-state index in [1.807, 2.05) is 25.1 Å². The molecule has 0 spiro atoms. The van der Waals surface area contributed by atoms with Gasteiger partial charge in [0.05, 0.1) is 6.61 Å². The van der Waals surface area contributed by atoms with Crippen molar-refractivity contribution in [3.05, 3.63) is 42.0 Å². The van der Waals surface area contributed by atoms with Gasteiger partial charge in [-0.3, -0.25) is 0 Å². The van der Waals surface area contributed by atoms with E-state index in [0.717, 1.165) is 17.5 Å². The average Bonchev–Trinajstić information content (AvgIpc) is 2.44. The molecule has 0 atom stereocenters. The highest BCUT2D eigenvalue weighted by Crippen LogP contribution is 2.15. The lowest BCUT2D eigenvalue weighted by atomic mass is 10.1. The van der Waals surface area contributed by atoms with E-state index in [0.29, 0.717) is 6.61 Å². The summed E-state index contributed by atoms with van der Waals surface area (Å²) in [5.74, 6) is 0. The van der Waals surface area contributed by atoms with Crippen molar-refractivity contribution in [2.45, 2.75) is 25.4 Å². The Morgan fingerprint density at radius 1 is 1.33 bits per heavy atom. The van der Waals surface area contributed by atoms with Crippen molar-refractivity contribution in [3.8, 4) is 0 Å². The zero-order chi connectivity index (χ0) is 13.4. The molecule has 0 aliphatic rings. The van der Waals surface area contributed by atoms with Crippen LogP contribution in [0.3, 0.4) is 0 Å². The second-order valence-corrected chi connectivity index (χ2v) is 5.89. The third-order valence-corrected chi connectivity index (χ3v) is 4.99. The van der Waals surface area contributed by atoms with Crippen molar-refractivity contribution < 1.29 is 13.9 Å². The number of hydrogen-bond donors (Lipinski definition) is 0. The van der Waals surface area contributed by atoms with Crippen LogP contribution in [-0.4, -0.2) is 29.4 Å². The summed E-state index contributed by atoms with van der Waals surface area (Å²) >= 11 is 0. The maximum absolute atomic E-state index is 5.81. The summed E-state index contributed by atoms with van der Waals surface area (Å²) in [5.41, 5.74) is 1.76. The second-order valence-electron chi connectivity index (χ2n) is 4.11. The minimum atomic E-state index is -0.914. The summed E-state index contributed by atoms with van der Waals surface area (Å²) in [6, 6.07) is 8.16. The van der Waals surface area contributed by atoms with Crippen LogP contribution in [0.2, 0.25) is 0 Å². The van der Waals surface area contributed by atoms with E-state index < -0.39 is 15.2 Å². The Labute approximate surface area is 112 Å². The Balaban J connectivity index is 2.52. The summed E-state index contributed by atoms with van der Waals surface area (Å²) < 4.78 is 16.6. The van der Waals surface area contributed by atoms with E-state index in [1.165, 1.54) is 0 Å². The molecule has 1 aromatic carbocycles. The van der Waals surface area contributed by atoms with Gasteiger partial charge in [-0.05, 0) is 23.6 Å². The van der Waals surface area contributed by atoms with Crippen LogP contribution < -0.4 is 0 Å². The molecule has 0 amide bonds. The molecule has 0 unspecified atom stereocenters. The Kier molecular flexibility index (Phi) is 6.28. The molecule has 0 aliphatic carbocycles. The van der Waals surface area contributed by atoms with E-state index >= 15 is 0 Å². The molecule has 0 saturated carbocycles. The smallest absolute Gasteiger partial charge is 0.228 e. The second kappa shape index (κ2) is 7.48. The molecule has 0 saturated heterocycles. The lowest BCUT2D eigenvalue weighted by Crippen LogP contribution is -2.41. The van der Waals surface area contributed by atoms with Gasteiger partial charge >= 0.3 is 0 Å². The van der Waals surface area contributed by atoms with Crippen LogP contribution in [0.1, 0.15) is 24.5 Å². The molecule has 0 heterocycles. The van der Waals surface area contributed by atoms with Gasteiger partial charge in [0.15, 0.2) is 5.41 Å². The van der Waals surface area contributed by atoms with E-state index in [9.17, 15) is 0 Å². The maximum Gasteiger partial charge on any atom is 0.228 e. The first-order valence-electron chi connectivity index (χ1n) is 6.09. The van der Waals surface area contributed by atoms with Gasteiger partial charge < -0.3 is 13.9 Å².